The Balaban J connectivity index is 1.28. The van der Waals surface area contributed by atoms with Crippen LogP contribution in [0.15, 0.2) is 66.7 Å². The number of aromatic nitrogens is 2. The van der Waals surface area contributed by atoms with Crippen molar-refractivity contribution in [2.45, 2.75) is 45.0 Å². The van der Waals surface area contributed by atoms with E-state index in [2.05, 4.69) is 16.0 Å². The van der Waals surface area contributed by atoms with Gasteiger partial charge in [-0.3, -0.25) is 4.79 Å². The molecule has 50 heavy (non-hydrogen) atoms. The molecule has 0 unspecified atom stereocenters. The number of nitrogens with zero attached hydrogens (tertiary/aromatic N) is 2. The lowest BCUT2D eigenvalue weighted by Crippen LogP contribution is -2.35. The van der Waals surface area contributed by atoms with Gasteiger partial charge in [-0.1, -0.05) is 77.3 Å². The fourth-order valence-electron chi connectivity index (χ4n) is 6.24. The van der Waals surface area contributed by atoms with Gasteiger partial charge in [-0.25, -0.2) is 9.97 Å². The minimum Gasteiger partial charge on any atom is -0.496 e. The summed E-state index contributed by atoms with van der Waals surface area (Å²) in [4.78, 5) is 21.2. The fourth-order valence-corrected chi connectivity index (χ4v) is 7.17. The third kappa shape index (κ3) is 7.68. The van der Waals surface area contributed by atoms with Gasteiger partial charge in [0.15, 0.2) is 0 Å². The minimum absolute atomic E-state index is 0.0947. The zero-order valence-corrected chi connectivity index (χ0v) is 30.2. The molecule has 5 aromatic rings. The number of benzene rings is 3. The van der Waals surface area contributed by atoms with Gasteiger partial charge in [-0.05, 0) is 37.6 Å². The van der Waals surface area contributed by atoms with Crippen LogP contribution in [0.25, 0.3) is 44.5 Å². The van der Waals surface area contributed by atoms with E-state index < -0.39 is 6.10 Å². The number of nitrogens with one attached hydrogen (secondary N) is 3. The van der Waals surface area contributed by atoms with Crippen LogP contribution in [-0.2, 0) is 17.9 Å². The Morgan fingerprint density at radius 3 is 2.12 bits per heavy atom. The van der Waals surface area contributed by atoms with Crippen LogP contribution < -0.4 is 25.4 Å². The third-order valence-electron chi connectivity index (χ3n) is 8.68. The molecule has 1 aliphatic heterocycles. The second kappa shape index (κ2) is 15.9. The molecular formula is C38H38Cl3N5O4. The number of hydrogen-bond donors (Lipinski definition) is 4. The number of halogens is 3. The van der Waals surface area contributed by atoms with E-state index in [1.165, 1.54) is 0 Å². The maximum Gasteiger partial charge on any atom is 0.220 e. The van der Waals surface area contributed by atoms with Gasteiger partial charge in [0.25, 0.3) is 0 Å². The van der Waals surface area contributed by atoms with Crippen molar-refractivity contribution in [2.75, 3.05) is 27.3 Å². The van der Waals surface area contributed by atoms with Gasteiger partial charge in [0.05, 0.1) is 52.3 Å². The number of carbonyl (C=O) groups is 1. The standard InChI is InChI=1S/C38H38Cl3N5O4/c1-21(47)17-42-19-23-16-30(39)36-29(37(23)49-2)12-14-31(45-36)27-8-4-6-25(34(27)40)26-7-5-9-28(35(26)41)32-13-10-22(38(46-32)50-3)18-43-20-24-11-15-33(48)44-24/h4-10,12-14,16,21,24,42-43,47H,11,15,17-20H2,1-3H3,(H,44,48)/t21-,24-/m1/s1. The highest BCUT2D eigenvalue weighted by Gasteiger charge is 2.21. The number of pyridine rings is 2. The van der Waals surface area contributed by atoms with E-state index in [4.69, 9.17) is 54.2 Å². The van der Waals surface area contributed by atoms with E-state index >= 15 is 0 Å². The molecule has 4 N–H and O–H groups in total. The molecule has 1 fully saturated rings. The number of ether oxygens (including phenoxy) is 2. The van der Waals surface area contributed by atoms with Crippen LogP contribution in [0.2, 0.25) is 15.1 Å². The highest BCUT2D eigenvalue weighted by molar-refractivity contribution is 6.39. The average molecular weight is 735 g/mol. The van der Waals surface area contributed by atoms with Crippen LogP contribution in [0.5, 0.6) is 11.6 Å². The van der Waals surface area contributed by atoms with Crippen LogP contribution in [0.1, 0.15) is 30.9 Å². The summed E-state index contributed by atoms with van der Waals surface area (Å²) < 4.78 is 11.4. The molecule has 1 amide bonds. The van der Waals surface area contributed by atoms with Gasteiger partial charge in [0.1, 0.15) is 5.75 Å². The van der Waals surface area contributed by atoms with Gasteiger partial charge in [0, 0.05) is 77.4 Å². The first-order valence-electron chi connectivity index (χ1n) is 16.4. The molecule has 6 rings (SSSR count). The second-order valence-electron chi connectivity index (χ2n) is 12.3. The van der Waals surface area contributed by atoms with Gasteiger partial charge >= 0.3 is 0 Å². The molecule has 2 aromatic heterocycles. The normalized spacial score (nSPS) is 14.9. The average Bonchev–Trinajstić information content (AvgIpc) is 3.53. The van der Waals surface area contributed by atoms with Crippen LogP contribution >= 0.6 is 34.8 Å². The van der Waals surface area contributed by atoms with Crippen molar-refractivity contribution in [3.8, 4) is 45.3 Å². The van der Waals surface area contributed by atoms with E-state index in [-0.39, 0.29) is 11.9 Å². The molecule has 260 valence electrons. The second-order valence-corrected chi connectivity index (χ2v) is 13.4. The summed E-state index contributed by atoms with van der Waals surface area (Å²) in [6, 6.07) is 21.2. The van der Waals surface area contributed by atoms with E-state index in [1.54, 1.807) is 21.1 Å². The molecule has 1 saturated heterocycles. The predicted molar refractivity (Wildman–Crippen MR) is 200 cm³/mol. The molecule has 0 spiro atoms. The number of amides is 1. The van der Waals surface area contributed by atoms with Crippen molar-refractivity contribution in [3.05, 3.63) is 92.9 Å². The Bertz CT molecular complexity index is 2040. The van der Waals surface area contributed by atoms with Crippen LogP contribution in [0.3, 0.4) is 0 Å². The fraction of sp³-hybridized carbons (Fsp3) is 0.289. The van der Waals surface area contributed by atoms with Gasteiger partial charge in [-0.2, -0.15) is 0 Å². The Kier molecular flexibility index (Phi) is 11.4. The lowest BCUT2D eigenvalue weighted by Gasteiger charge is -2.16. The Labute approximate surface area is 306 Å². The lowest BCUT2D eigenvalue weighted by atomic mass is 9.97. The number of aliphatic hydroxyl groups is 1. The first-order valence-corrected chi connectivity index (χ1v) is 17.5. The molecule has 0 radical (unpaired) electrons. The topological polar surface area (TPSA) is 118 Å². The summed E-state index contributed by atoms with van der Waals surface area (Å²) in [6.45, 7) is 3.86. The number of methoxy groups -OCH3 is 2. The molecule has 1 aliphatic rings. The van der Waals surface area contributed by atoms with Crippen molar-refractivity contribution in [3.63, 3.8) is 0 Å². The summed E-state index contributed by atoms with van der Waals surface area (Å²) in [5.74, 6) is 1.25. The maximum absolute atomic E-state index is 11.5. The van der Waals surface area contributed by atoms with Crippen molar-refractivity contribution < 1.29 is 19.4 Å². The first kappa shape index (κ1) is 35.9. The molecule has 3 aromatic carbocycles. The highest BCUT2D eigenvalue weighted by Crippen LogP contribution is 2.43. The zero-order valence-electron chi connectivity index (χ0n) is 27.9. The first-order chi connectivity index (χ1) is 24.2. The molecule has 2 atom stereocenters. The SMILES string of the molecule is COc1nc(-c2cccc(-c3cccc(-c4ccc5c(OC)c(CNC[C@@H](C)O)cc(Cl)c5n4)c3Cl)c2Cl)ccc1CNC[C@H]1CCC(=O)N1. The Morgan fingerprint density at radius 2 is 1.50 bits per heavy atom. The Hall–Kier alpha value is -3.96. The van der Waals surface area contributed by atoms with Gasteiger partial charge in [-0.15, -0.1) is 0 Å². The number of aliphatic hydroxyl groups excluding tert-OH is 1. The largest absolute Gasteiger partial charge is 0.496 e. The molecule has 0 bridgehead atoms. The van der Waals surface area contributed by atoms with E-state index in [0.29, 0.717) is 76.2 Å². The number of hydrogen-bond acceptors (Lipinski definition) is 8. The van der Waals surface area contributed by atoms with Crippen molar-refractivity contribution in [1.29, 1.82) is 0 Å². The van der Waals surface area contributed by atoms with Crippen molar-refractivity contribution >= 4 is 51.6 Å². The quantitative estimate of drug-likeness (QED) is 0.0987. The monoisotopic (exact) mass is 733 g/mol. The van der Waals surface area contributed by atoms with Crippen LogP contribution in [0.4, 0.5) is 0 Å². The summed E-state index contributed by atoms with van der Waals surface area (Å²) in [5, 5.41) is 21.5. The van der Waals surface area contributed by atoms with E-state index in [0.717, 1.165) is 45.2 Å². The van der Waals surface area contributed by atoms with E-state index in [1.807, 2.05) is 66.7 Å². The van der Waals surface area contributed by atoms with Crippen LogP contribution in [0, 0.1) is 0 Å². The number of fused-ring (bicyclic) bond motifs is 1. The zero-order chi connectivity index (χ0) is 35.4. The van der Waals surface area contributed by atoms with Crippen LogP contribution in [-0.4, -0.2) is 60.4 Å². The summed E-state index contributed by atoms with van der Waals surface area (Å²) in [6.07, 6.45) is 0.924. The van der Waals surface area contributed by atoms with Crippen molar-refractivity contribution in [2.24, 2.45) is 0 Å². The summed E-state index contributed by atoms with van der Waals surface area (Å²) in [7, 11) is 3.21. The number of carbonyl (C=O) groups excluding carboxylic acids is 1. The van der Waals surface area contributed by atoms with Gasteiger partial charge in [0.2, 0.25) is 11.8 Å². The number of rotatable bonds is 13. The van der Waals surface area contributed by atoms with Gasteiger partial charge < -0.3 is 30.5 Å². The smallest absolute Gasteiger partial charge is 0.220 e. The summed E-state index contributed by atoms with van der Waals surface area (Å²) in [5.41, 5.74) is 6.60. The molecule has 9 nitrogen and oxygen atoms in total. The maximum atomic E-state index is 11.5. The molecular weight excluding hydrogens is 697 g/mol. The third-order valence-corrected chi connectivity index (χ3v) is 9.78. The van der Waals surface area contributed by atoms with Crippen molar-refractivity contribution in [1.82, 2.24) is 25.9 Å². The molecule has 3 heterocycles. The minimum atomic E-state index is -0.474. The predicted octanol–water partition coefficient (Wildman–Crippen LogP) is 7.45. The molecule has 0 saturated carbocycles. The lowest BCUT2D eigenvalue weighted by molar-refractivity contribution is -0.119. The Morgan fingerprint density at radius 1 is 0.860 bits per heavy atom. The molecule has 0 aliphatic carbocycles. The summed E-state index contributed by atoms with van der Waals surface area (Å²) >= 11 is 21.0. The molecule has 12 heteroatoms. The highest BCUT2D eigenvalue weighted by atomic mass is 35.5. The van der Waals surface area contributed by atoms with E-state index in [9.17, 15) is 9.90 Å².